The van der Waals surface area contributed by atoms with E-state index < -0.39 is 12.0 Å². The standard InChI is InChI=1S/C13H13BrF3N5/c14-9-6-22(12(20-9)13(15,16)17)11-8(18)5-19-10(21-11)7-3-1-2-4-7/h5-7H,1-4,18H2. The van der Waals surface area contributed by atoms with Crippen molar-refractivity contribution in [3.8, 4) is 5.82 Å². The molecule has 0 spiro atoms. The number of alkyl halides is 3. The van der Waals surface area contributed by atoms with Crippen LogP contribution in [-0.4, -0.2) is 19.5 Å². The van der Waals surface area contributed by atoms with Gasteiger partial charge in [-0.05, 0) is 28.8 Å². The van der Waals surface area contributed by atoms with Crippen molar-refractivity contribution in [3.05, 3.63) is 28.6 Å². The first kappa shape index (κ1) is 15.3. The Bertz CT molecular complexity index is 691. The number of aromatic nitrogens is 4. The second-order valence-corrected chi connectivity index (χ2v) is 6.06. The van der Waals surface area contributed by atoms with Gasteiger partial charge in [-0.3, -0.25) is 4.57 Å². The molecule has 0 aromatic carbocycles. The zero-order chi connectivity index (χ0) is 15.9. The first-order valence-electron chi connectivity index (χ1n) is 6.81. The summed E-state index contributed by atoms with van der Waals surface area (Å²) in [4.78, 5) is 11.9. The van der Waals surface area contributed by atoms with E-state index in [9.17, 15) is 13.2 Å². The summed E-state index contributed by atoms with van der Waals surface area (Å²) in [6.07, 6.45) is 2.03. The van der Waals surface area contributed by atoms with E-state index in [1.165, 1.54) is 12.4 Å². The molecule has 0 radical (unpaired) electrons. The largest absolute Gasteiger partial charge is 0.450 e. The van der Waals surface area contributed by atoms with Gasteiger partial charge < -0.3 is 5.73 Å². The van der Waals surface area contributed by atoms with Crippen molar-refractivity contribution in [1.82, 2.24) is 19.5 Å². The first-order chi connectivity index (χ1) is 10.4. The van der Waals surface area contributed by atoms with Crippen LogP contribution in [0.3, 0.4) is 0 Å². The fraction of sp³-hybridized carbons (Fsp3) is 0.462. The van der Waals surface area contributed by atoms with Gasteiger partial charge in [0.2, 0.25) is 5.82 Å². The van der Waals surface area contributed by atoms with Crippen molar-refractivity contribution in [2.24, 2.45) is 0 Å². The van der Waals surface area contributed by atoms with Gasteiger partial charge in [-0.15, -0.1) is 0 Å². The number of nitrogens with zero attached hydrogens (tertiary/aromatic N) is 4. The monoisotopic (exact) mass is 375 g/mol. The Kier molecular flexibility index (Phi) is 3.84. The van der Waals surface area contributed by atoms with Gasteiger partial charge in [-0.2, -0.15) is 13.2 Å². The maximum absolute atomic E-state index is 13.1. The van der Waals surface area contributed by atoms with Gasteiger partial charge in [-0.25, -0.2) is 15.0 Å². The molecule has 2 aromatic heterocycles. The molecule has 1 saturated carbocycles. The van der Waals surface area contributed by atoms with E-state index in [1.807, 2.05) is 0 Å². The van der Waals surface area contributed by atoms with Crippen LogP contribution in [0.15, 0.2) is 17.0 Å². The number of halogens is 4. The second kappa shape index (κ2) is 5.53. The third-order valence-electron chi connectivity index (χ3n) is 3.69. The van der Waals surface area contributed by atoms with Crippen LogP contribution in [0.1, 0.15) is 43.3 Å². The minimum Gasteiger partial charge on any atom is -0.394 e. The number of imidazole rings is 1. The molecule has 5 nitrogen and oxygen atoms in total. The highest BCUT2D eigenvalue weighted by Gasteiger charge is 2.38. The van der Waals surface area contributed by atoms with Crippen molar-refractivity contribution in [3.63, 3.8) is 0 Å². The van der Waals surface area contributed by atoms with E-state index >= 15 is 0 Å². The minimum absolute atomic E-state index is 0.0161. The summed E-state index contributed by atoms with van der Waals surface area (Å²) in [6.45, 7) is 0. The molecular formula is C13H13BrF3N5. The zero-order valence-electron chi connectivity index (χ0n) is 11.4. The fourth-order valence-electron chi connectivity index (χ4n) is 2.68. The molecule has 0 bridgehead atoms. The van der Waals surface area contributed by atoms with E-state index in [2.05, 4.69) is 30.9 Å². The van der Waals surface area contributed by atoms with Crippen LogP contribution in [-0.2, 0) is 6.18 Å². The number of anilines is 1. The predicted molar refractivity (Wildman–Crippen MR) is 77.5 cm³/mol. The highest BCUT2D eigenvalue weighted by atomic mass is 79.9. The molecule has 2 heterocycles. The van der Waals surface area contributed by atoms with Gasteiger partial charge in [0, 0.05) is 12.1 Å². The van der Waals surface area contributed by atoms with Gasteiger partial charge in [0.1, 0.15) is 10.4 Å². The molecule has 22 heavy (non-hydrogen) atoms. The number of hydrogen-bond acceptors (Lipinski definition) is 4. The van der Waals surface area contributed by atoms with Crippen LogP contribution in [0, 0.1) is 0 Å². The topological polar surface area (TPSA) is 69.6 Å². The van der Waals surface area contributed by atoms with Gasteiger partial charge in [0.25, 0.3) is 0 Å². The van der Waals surface area contributed by atoms with Crippen LogP contribution in [0.2, 0.25) is 0 Å². The average Bonchev–Trinajstić information content (AvgIpc) is 3.07. The molecule has 1 fully saturated rings. The molecular weight excluding hydrogens is 363 g/mol. The van der Waals surface area contributed by atoms with E-state index in [-0.39, 0.29) is 22.0 Å². The van der Waals surface area contributed by atoms with Crippen molar-refractivity contribution in [2.75, 3.05) is 5.73 Å². The first-order valence-corrected chi connectivity index (χ1v) is 7.60. The lowest BCUT2D eigenvalue weighted by Gasteiger charge is -2.14. The lowest BCUT2D eigenvalue weighted by atomic mass is 10.1. The molecule has 9 heteroatoms. The summed E-state index contributed by atoms with van der Waals surface area (Å²) in [5, 5.41) is 0. The Balaban J connectivity index is 2.10. The molecule has 2 N–H and O–H groups in total. The molecule has 1 aliphatic carbocycles. The minimum atomic E-state index is -4.60. The van der Waals surface area contributed by atoms with Crippen molar-refractivity contribution in [2.45, 2.75) is 37.8 Å². The highest BCUT2D eigenvalue weighted by molar-refractivity contribution is 9.10. The number of rotatable bonds is 2. The molecule has 2 aromatic rings. The molecule has 0 unspecified atom stereocenters. The molecule has 0 aliphatic heterocycles. The van der Waals surface area contributed by atoms with Crippen LogP contribution in [0.25, 0.3) is 5.82 Å². The molecule has 0 saturated heterocycles. The quantitative estimate of drug-likeness (QED) is 0.868. The maximum Gasteiger partial charge on any atom is 0.450 e. The molecule has 1 aliphatic rings. The van der Waals surface area contributed by atoms with Gasteiger partial charge >= 0.3 is 6.18 Å². The van der Waals surface area contributed by atoms with E-state index in [4.69, 9.17) is 5.73 Å². The Labute approximate surface area is 132 Å². The van der Waals surface area contributed by atoms with E-state index in [0.717, 1.165) is 30.3 Å². The van der Waals surface area contributed by atoms with Crippen LogP contribution < -0.4 is 5.73 Å². The summed E-state index contributed by atoms with van der Waals surface area (Å²) < 4.78 is 40.2. The number of hydrogen-bond donors (Lipinski definition) is 1. The summed E-state index contributed by atoms with van der Waals surface area (Å²) >= 11 is 2.97. The Hall–Kier alpha value is -1.64. The molecule has 0 amide bonds. The lowest BCUT2D eigenvalue weighted by Crippen LogP contribution is -2.16. The molecule has 3 rings (SSSR count). The van der Waals surface area contributed by atoms with Crippen molar-refractivity contribution < 1.29 is 13.2 Å². The third kappa shape index (κ3) is 2.81. The van der Waals surface area contributed by atoms with E-state index in [1.54, 1.807) is 0 Å². The molecule has 118 valence electrons. The van der Waals surface area contributed by atoms with Gasteiger partial charge in [-0.1, -0.05) is 12.8 Å². The van der Waals surface area contributed by atoms with Crippen LogP contribution in [0.4, 0.5) is 18.9 Å². The normalized spacial score (nSPS) is 16.4. The lowest BCUT2D eigenvalue weighted by molar-refractivity contribution is -0.146. The molecule has 0 atom stereocenters. The third-order valence-corrected chi connectivity index (χ3v) is 4.08. The Morgan fingerprint density at radius 2 is 1.91 bits per heavy atom. The van der Waals surface area contributed by atoms with Crippen LogP contribution in [0.5, 0.6) is 0 Å². The summed E-state index contributed by atoms with van der Waals surface area (Å²) in [6, 6.07) is 0. The zero-order valence-corrected chi connectivity index (χ0v) is 13.0. The second-order valence-electron chi connectivity index (χ2n) is 5.24. The summed E-state index contributed by atoms with van der Waals surface area (Å²) in [5.41, 5.74) is 5.87. The average molecular weight is 376 g/mol. The van der Waals surface area contributed by atoms with Crippen molar-refractivity contribution >= 4 is 21.6 Å². The SMILES string of the molecule is Nc1cnc(C2CCCC2)nc1-n1cc(Br)nc1C(F)(F)F. The smallest absolute Gasteiger partial charge is 0.394 e. The maximum atomic E-state index is 13.1. The van der Waals surface area contributed by atoms with Gasteiger partial charge in [0.05, 0.1) is 11.9 Å². The van der Waals surface area contributed by atoms with Gasteiger partial charge in [0.15, 0.2) is 5.82 Å². The van der Waals surface area contributed by atoms with Crippen molar-refractivity contribution in [1.29, 1.82) is 0 Å². The highest BCUT2D eigenvalue weighted by Crippen LogP contribution is 2.35. The Morgan fingerprint density at radius 3 is 2.55 bits per heavy atom. The predicted octanol–water partition coefficient (Wildman–Crippen LogP) is 3.68. The number of nitrogen functional groups attached to an aromatic ring is 1. The fourth-order valence-corrected chi connectivity index (χ4v) is 3.05. The van der Waals surface area contributed by atoms with E-state index in [0.29, 0.717) is 5.82 Å². The number of nitrogens with two attached hydrogens (primary N) is 1. The summed E-state index contributed by atoms with van der Waals surface area (Å²) in [5.74, 6) is -0.329. The summed E-state index contributed by atoms with van der Waals surface area (Å²) in [7, 11) is 0. The van der Waals surface area contributed by atoms with Crippen LogP contribution >= 0.6 is 15.9 Å². The Morgan fingerprint density at radius 1 is 1.23 bits per heavy atom.